The predicted octanol–water partition coefficient (Wildman–Crippen LogP) is 2.97. The molecule has 2 aromatic carbocycles. The topological polar surface area (TPSA) is 37.3 Å². The van der Waals surface area contributed by atoms with Crippen molar-refractivity contribution in [3.63, 3.8) is 0 Å². The number of benzene rings is 2. The number of carbonyl (C=O) groups is 1. The summed E-state index contributed by atoms with van der Waals surface area (Å²) in [5.74, 6) is -0.874. The van der Waals surface area contributed by atoms with Gasteiger partial charge in [-0.3, -0.25) is 0 Å². The number of carboxylic acid groups (broad SMARTS) is 1. The number of rotatable bonds is 1. The molecule has 1 aliphatic carbocycles. The first kappa shape index (κ1) is 9.16. The van der Waals surface area contributed by atoms with E-state index in [1.54, 1.807) is 12.1 Å². The monoisotopic (exact) mass is 209 g/mol. The van der Waals surface area contributed by atoms with Gasteiger partial charge in [0.2, 0.25) is 0 Å². The molecule has 2 heteroatoms. The van der Waals surface area contributed by atoms with E-state index >= 15 is 0 Å². The quantitative estimate of drug-likeness (QED) is 0.669. The zero-order valence-corrected chi connectivity index (χ0v) is 8.47. The highest BCUT2D eigenvalue weighted by Crippen LogP contribution is 2.39. The Morgan fingerprint density at radius 2 is 1.69 bits per heavy atom. The van der Waals surface area contributed by atoms with Crippen LogP contribution in [0.25, 0.3) is 11.1 Å². The van der Waals surface area contributed by atoms with Crippen LogP contribution >= 0.6 is 0 Å². The molecule has 77 valence electrons. The molecule has 0 amide bonds. The lowest BCUT2D eigenvalue weighted by Crippen LogP contribution is -2.00. The number of aromatic carboxylic acids is 1. The van der Waals surface area contributed by atoms with Gasteiger partial charge >= 0.3 is 5.97 Å². The first-order valence-corrected chi connectivity index (χ1v) is 5.08. The van der Waals surface area contributed by atoms with Crippen LogP contribution in [-0.4, -0.2) is 11.1 Å². The molecule has 0 bridgehead atoms. The summed E-state index contributed by atoms with van der Waals surface area (Å²) in [6.45, 7) is 0. The van der Waals surface area contributed by atoms with Gasteiger partial charge in [-0.25, -0.2) is 4.79 Å². The van der Waals surface area contributed by atoms with E-state index in [9.17, 15) is 4.79 Å². The van der Waals surface area contributed by atoms with Gasteiger partial charge in [0.1, 0.15) is 0 Å². The summed E-state index contributed by atoms with van der Waals surface area (Å²) in [6.07, 6.45) is 1.94. The molecule has 0 aliphatic heterocycles. The molecule has 2 aromatic rings. The predicted molar refractivity (Wildman–Crippen MR) is 61.3 cm³/mol. The average molecular weight is 209 g/mol. The van der Waals surface area contributed by atoms with Crippen LogP contribution in [0.1, 0.15) is 21.5 Å². The van der Waals surface area contributed by atoms with Gasteiger partial charge in [0.25, 0.3) is 0 Å². The summed E-state index contributed by atoms with van der Waals surface area (Å²) >= 11 is 0. The molecule has 1 aliphatic rings. The van der Waals surface area contributed by atoms with Crippen LogP contribution in [0.2, 0.25) is 0 Å². The third-order valence-corrected chi connectivity index (χ3v) is 2.89. The van der Waals surface area contributed by atoms with Gasteiger partial charge in [-0.15, -0.1) is 0 Å². The molecular weight excluding hydrogens is 200 g/mol. The van der Waals surface area contributed by atoms with Crippen molar-refractivity contribution in [3.8, 4) is 11.1 Å². The molecule has 0 atom stereocenters. The van der Waals surface area contributed by atoms with Crippen LogP contribution in [-0.2, 0) is 0 Å². The van der Waals surface area contributed by atoms with Crippen molar-refractivity contribution in [1.29, 1.82) is 0 Å². The number of carboxylic acids is 1. The Balaban J connectivity index is 2.28. The fraction of sp³-hybridized carbons (Fsp3) is 0. The maximum atomic E-state index is 11.1. The zero-order valence-electron chi connectivity index (χ0n) is 8.47. The molecule has 3 rings (SSSR count). The molecule has 0 unspecified atom stereocenters. The van der Waals surface area contributed by atoms with Gasteiger partial charge in [-0.1, -0.05) is 36.4 Å². The lowest BCUT2D eigenvalue weighted by Gasteiger charge is -2.03. The Morgan fingerprint density at radius 1 is 0.938 bits per heavy atom. The molecule has 16 heavy (non-hydrogen) atoms. The SMILES string of the molecule is O=C(O)c1cccc2c1[CH]c1ccccc1-2. The van der Waals surface area contributed by atoms with Crippen molar-refractivity contribution in [1.82, 2.24) is 0 Å². The highest BCUT2D eigenvalue weighted by molar-refractivity contribution is 5.96. The summed E-state index contributed by atoms with van der Waals surface area (Å²) in [5.41, 5.74) is 4.40. The highest BCUT2D eigenvalue weighted by Gasteiger charge is 2.22. The van der Waals surface area contributed by atoms with Crippen molar-refractivity contribution in [2.24, 2.45) is 0 Å². The standard InChI is InChI=1S/C14H9O2/c15-14(16)12-7-3-6-11-10-5-2-1-4-9(10)8-13(11)12/h1-8H,(H,15,16). The minimum absolute atomic E-state index is 0.369. The first-order chi connectivity index (χ1) is 7.77. The third kappa shape index (κ3) is 1.16. The van der Waals surface area contributed by atoms with Crippen LogP contribution in [0.3, 0.4) is 0 Å². The van der Waals surface area contributed by atoms with E-state index in [4.69, 9.17) is 5.11 Å². The minimum atomic E-state index is -0.874. The Morgan fingerprint density at radius 3 is 2.50 bits per heavy atom. The lowest BCUT2D eigenvalue weighted by atomic mass is 10.0. The zero-order chi connectivity index (χ0) is 11.1. The first-order valence-electron chi connectivity index (χ1n) is 5.08. The molecule has 0 spiro atoms. The van der Waals surface area contributed by atoms with E-state index in [2.05, 4.69) is 0 Å². The minimum Gasteiger partial charge on any atom is -0.478 e. The van der Waals surface area contributed by atoms with Crippen LogP contribution in [0.15, 0.2) is 42.5 Å². The second-order valence-electron chi connectivity index (χ2n) is 3.80. The average Bonchev–Trinajstić information content (AvgIpc) is 2.67. The summed E-state index contributed by atoms with van der Waals surface area (Å²) in [4.78, 5) is 11.1. The molecular formula is C14H9O2. The highest BCUT2D eigenvalue weighted by atomic mass is 16.4. The molecule has 0 aromatic heterocycles. The van der Waals surface area contributed by atoms with E-state index in [1.807, 2.05) is 36.8 Å². The van der Waals surface area contributed by atoms with Crippen molar-refractivity contribution in [2.75, 3.05) is 0 Å². The Labute approximate surface area is 93.2 Å². The Kier molecular flexibility index (Phi) is 1.83. The molecule has 1 radical (unpaired) electrons. The van der Waals surface area contributed by atoms with Gasteiger partial charge in [0, 0.05) is 6.42 Å². The van der Waals surface area contributed by atoms with Crippen LogP contribution in [0.4, 0.5) is 0 Å². The maximum absolute atomic E-state index is 11.1. The van der Waals surface area contributed by atoms with Gasteiger partial charge in [-0.2, -0.15) is 0 Å². The van der Waals surface area contributed by atoms with E-state index in [0.29, 0.717) is 5.56 Å². The lowest BCUT2D eigenvalue weighted by molar-refractivity contribution is 0.0696. The van der Waals surface area contributed by atoms with E-state index in [0.717, 1.165) is 22.3 Å². The van der Waals surface area contributed by atoms with Crippen molar-refractivity contribution in [3.05, 3.63) is 65.6 Å². The fourth-order valence-corrected chi connectivity index (χ4v) is 2.17. The summed E-state index contributed by atoms with van der Waals surface area (Å²) in [5, 5.41) is 9.11. The van der Waals surface area contributed by atoms with Crippen molar-refractivity contribution in [2.45, 2.75) is 0 Å². The normalized spacial score (nSPS) is 12.0. The molecule has 0 fully saturated rings. The number of hydrogen-bond donors (Lipinski definition) is 1. The van der Waals surface area contributed by atoms with Gasteiger partial charge < -0.3 is 5.11 Å². The Hall–Kier alpha value is -2.09. The number of hydrogen-bond acceptors (Lipinski definition) is 1. The van der Waals surface area contributed by atoms with E-state index in [-0.39, 0.29) is 0 Å². The van der Waals surface area contributed by atoms with Gasteiger partial charge in [0.15, 0.2) is 0 Å². The molecule has 0 saturated heterocycles. The Bertz CT molecular complexity index is 585. The van der Waals surface area contributed by atoms with E-state index in [1.165, 1.54) is 0 Å². The summed E-state index contributed by atoms with van der Waals surface area (Å²) in [7, 11) is 0. The van der Waals surface area contributed by atoms with E-state index < -0.39 is 5.97 Å². The number of fused-ring (bicyclic) bond motifs is 3. The largest absolute Gasteiger partial charge is 0.478 e. The molecule has 0 heterocycles. The van der Waals surface area contributed by atoms with Crippen LogP contribution in [0.5, 0.6) is 0 Å². The summed E-state index contributed by atoms with van der Waals surface area (Å²) < 4.78 is 0. The smallest absolute Gasteiger partial charge is 0.336 e. The molecule has 0 saturated carbocycles. The molecule has 1 N–H and O–H groups in total. The van der Waals surface area contributed by atoms with Gasteiger partial charge in [-0.05, 0) is 28.3 Å². The maximum Gasteiger partial charge on any atom is 0.336 e. The van der Waals surface area contributed by atoms with Gasteiger partial charge in [0.05, 0.1) is 5.56 Å². The second kappa shape index (κ2) is 3.20. The second-order valence-corrected chi connectivity index (χ2v) is 3.80. The summed E-state index contributed by atoms with van der Waals surface area (Å²) in [6, 6.07) is 13.3. The van der Waals surface area contributed by atoms with Crippen LogP contribution in [0, 0.1) is 6.42 Å². The van der Waals surface area contributed by atoms with Crippen LogP contribution < -0.4 is 0 Å². The fourth-order valence-electron chi connectivity index (χ4n) is 2.17. The molecule has 2 nitrogen and oxygen atoms in total. The van der Waals surface area contributed by atoms with Crippen molar-refractivity contribution < 1.29 is 9.90 Å². The third-order valence-electron chi connectivity index (χ3n) is 2.89. The van der Waals surface area contributed by atoms with Crippen molar-refractivity contribution >= 4 is 5.97 Å².